The fraction of sp³-hybridized carbons (Fsp3) is 0.600. The average Bonchev–Trinajstić information content (AvgIpc) is 2.41. The van der Waals surface area contributed by atoms with Crippen molar-refractivity contribution in [2.45, 2.75) is 32.4 Å². The van der Waals surface area contributed by atoms with Gasteiger partial charge < -0.3 is 14.8 Å². The lowest BCUT2D eigenvalue weighted by Gasteiger charge is -2.32. The molecule has 1 aromatic carbocycles. The highest BCUT2D eigenvalue weighted by atomic mass is 16.5. The topological polar surface area (TPSA) is 30.5 Å². The monoisotopic (exact) mass is 249 g/mol. The Labute approximate surface area is 109 Å². The van der Waals surface area contributed by atoms with Crippen LogP contribution < -0.4 is 10.1 Å². The molecule has 1 aromatic rings. The van der Waals surface area contributed by atoms with Gasteiger partial charge in [-0.1, -0.05) is 19.1 Å². The van der Waals surface area contributed by atoms with Gasteiger partial charge in [0.25, 0.3) is 0 Å². The highest BCUT2D eigenvalue weighted by Crippen LogP contribution is 2.21. The molecule has 2 rings (SSSR count). The molecular weight excluding hydrogens is 226 g/mol. The van der Waals surface area contributed by atoms with Crippen LogP contribution in [0, 0.1) is 5.92 Å². The van der Waals surface area contributed by atoms with Gasteiger partial charge in [0.15, 0.2) is 0 Å². The fourth-order valence-electron chi connectivity index (χ4n) is 2.44. The van der Waals surface area contributed by atoms with Crippen molar-refractivity contribution in [2.75, 3.05) is 20.3 Å². The maximum atomic E-state index is 5.47. The van der Waals surface area contributed by atoms with E-state index in [4.69, 9.17) is 9.47 Å². The zero-order valence-corrected chi connectivity index (χ0v) is 11.5. The highest BCUT2D eigenvalue weighted by molar-refractivity contribution is 5.28. The summed E-state index contributed by atoms with van der Waals surface area (Å²) in [6.45, 7) is 6.20. The minimum absolute atomic E-state index is 0.362. The van der Waals surface area contributed by atoms with Crippen molar-refractivity contribution in [2.24, 2.45) is 5.92 Å². The molecule has 0 saturated carbocycles. The molecule has 1 aliphatic rings. The third-order valence-corrected chi connectivity index (χ3v) is 3.72. The summed E-state index contributed by atoms with van der Waals surface area (Å²) in [6.07, 6.45) is 1.10. The number of nitrogens with one attached hydrogen (secondary N) is 1. The van der Waals surface area contributed by atoms with E-state index in [0.717, 1.165) is 25.4 Å². The largest absolute Gasteiger partial charge is 0.497 e. The smallest absolute Gasteiger partial charge is 0.118 e. The molecule has 0 aromatic heterocycles. The normalized spacial score (nSPS) is 25.7. The Morgan fingerprint density at radius 3 is 2.67 bits per heavy atom. The standard InChI is InChI=1S/C15H23NO2/c1-11-10-18-9-8-15(11)16-12(2)13-4-6-14(17-3)7-5-13/h4-7,11-12,15-16H,8-10H2,1-3H3/t11?,12-,15?/m0/s1. The van der Waals surface area contributed by atoms with Crippen molar-refractivity contribution in [1.29, 1.82) is 0 Å². The van der Waals surface area contributed by atoms with Crippen molar-refractivity contribution >= 4 is 0 Å². The van der Waals surface area contributed by atoms with Crippen LogP contribution in [0.5, 0.6) is 5.75 Å². The summed E-state index contributed by atoms with van der Waals surface area (Å²) in [5, 5.41) is 3.70. The number of rotatable bonds is 4. The lowest BCUT2D eigenvalue weighted by atomic mass is 9.96. The van der Waals surface area contributed by atoms with Gasteiger partial charge in [-0.15, -0.1) is 0 Å². The Bertz CT molecular complexity index is 363. The van der Waals surface area contributed by atoms with E-state index in [1.807, 2.05) is 12.1 Å². The van der Waals surface area contributed by atoms with Crippen molar-refractivity contribution < 1.29 is 9.47 Å². The summed E-state index contributed by atoms with van der Waals surface area (Å²) < 4.78 is 10.7. The van der Waals surface area contributed by atoms with Crippen molar-refractivity contribution in [1.82, 2.24) is 5.32 Å². The van der Waals surface area contributed by atoms with Gasteiger partial charge in [-0.05, 0) is 37.0 Å². The first-order chi connectivity index (χ1) is 8.70. The van der Waals surface area contributed by atoms with Gasteiger partial charge in [0.1, 0.15) is 5.75 Å². The average molecular weight is 249 g/mol. The van der Waals surface area contributed by atoms with Gasteiger partial charge in [-0.25, -0.2) is 0 Å². The summed E-state index contributed by atoms with van der Waals surface area (Å²) in [6, 6.07) is 9.19. The molecular formula is C15H23NO2. The molecule has 1 N–H and O–H groups in total. The molecule has 1 heterocycles. The van der Waals surface area contributed by atoms with Crippen molar-refractivity contribution in [3.05, 3.63) is 29.8 Å². The van der Waals surface area contributed by atoms with E-state index in [1.165, 1.54) is 5.56 Å². The minimum atomic E-state index is 0.362. The van der Waals surface area contributed by atoms with E-state index < -0.39 is 0 Å². The molecule has 0 amide bonds. The molecule has 1 saturated heterocycles. The van der Waals surface area contributed by atoms with Gasteiger partial charge in [0.2, 0.25) is 0 Å². The lowest BCUT2D eigenvalue weighted by Crippen LogP contribution is -2.42. The molecule has 0 aliphatic carbocycles. The van der Waals surface area contributed by atoms with Crippen LogP contribution >= 0.6 is 0 Å². The molecule has 3 atom stereocenters. The Hall–Kier alpha value is -1.06. The predicted octanol–water partition coefficient (Wildman–Crippen LogP) is 2.77. The zero-order chi connectivity index (χ0) is 13.0. The van der Waals surface area contributed by atoms with E-state index in [1.54, 1.807) is 7.11 Å². The summed E-state index contributed by atoms with van der Waals surface area (Å²) in [7, 11) is 1.69. The molecule has 0 radical (unpaired) electrons. The molecule has 1 fully saturated rings. The fourth-order valence-corrected chi connectivity index (χ4v) is 2.44. The maximum absolute atomic E-state index is 5.47. The Morgan fingerprint density at radius 1 is 1.33 bits per heavy atom. The molecule has 3 heteroatoms. The Morgan fingerprint density at radius 2 is 2.06 bits per heavy atom. The second kappa shape index (κ2) is 6.21. The van der Waals surface area contributed by atoms with Crippen LogP contribution in [0.25, 0.3) is 0 Å². The second-order valence-corrected chi connectivity index (χ2v) is 5.11. The summed E-state index contributed by atoms with van der Waals surface area (Å²) in [5.41, 5.74) is 1.30. The second-order valence-electron chi connectivity index (χ2n) is 5.11. The SMILES string of the molecule is COc1ccc([C@H](C)NC2CCOCC2C)cc1. The Kier molecular flexibility index (Phi) is 4.61. The quantitative estimate of drug-likeness (QED) is 0.890. The van der Waals surface area contributed by atoms with E-state index in [2.05, 4.69) is 31.3 Å². The van der Waals surface area contributed by atoms with Crippen LogP contribution in [0.2, 0.25) is 0 Å². The van der Waals surface area contributed by atoms with Crippen LogP contribution in [0.4, 0.5) is 0 Å². The number of benzene rings is 1. The zero-order valence-electron chi connectivity index (χ0n) is 11.5. The number of ether oxygens (including phenoxy) is 2. The van der Waals surface area contributed by atoms with Crippen molar-refractivity contribution in [3.8, 4) is 5.75 Å². The van der Waals surface area contributed by atoms with E-state index in [9.17, 15) is 0 Å². The van der Waals surface area contributed by atoms with Gasteiger partial charge in [-0.3, -0.25) is 0 Å². The van der Waals surface area contributed by atoms with E-state index >= 15 is 0 Å². The van der Waals surface area contributed by atoms with Crippen LogP contribution in [-0.2, 0) is 4.74 Å². The summed E-state index contributed by atoms with van der Waals surface area (Å²) in [5.74, 6) is 1.49. The van der Waals surface area contributed by atoms with Gasteiger partial charge in [-0.2, -0.15) is 0 Å². The lowest BCUT2D eigenvalue weighted by molar-refractivity contribution is 0.0363. The van der Waals surface area contributed by atoms with Crippen LogP contribution in [0.15, 0.2) is 24.3 Å². The molecule has 0 bridgehead atoms. The first-order valence-electron chi connectivity index (χ1n) is 6.68. The summed E-state index contributed by atoms with van der Waals surface area (Å²) in [4.78, 5) is 0. The molecule has 1 aliphatic heterocycles. The van der Waals surface area contributed by atoms with Gasteiger partial charge >= 0.3 is 0 Å². The van der Waals surface area contributed by atoms with Crippen molar-refractivity contribution in [3.63, 3.8) is 0 Å². The van der Waals surface area contributed by atoms with Crippen LogP contribution in [0.3, 0.4) is 0 Å². The van der Waals surface area contributed by atoms with Gasteiger partial charge in [0.05, 0.1) is 13.7 Å². The predicted molar refractivity (Wildman–Crippen MR) is 72.9 cm³/mol. The minimum Gasteiger partial charge on any atom is -0.497 e. The maximum Gasteiger partial charge on any atom is 0.118 e. The first kappa shape index (κ1) is 13.4. The van der Waals surface area contributed by atoms with Crippen LogP contribution in [0.1, 0.15) is 31.9 Å². The molecule has 3 nitrogen and oxygen atoms in total. The molecule has 2 unspecified atom stereocenters. The van der Waals surface area contributed by atoms with Gasteiger partial charge in [0, 0.05) is 18.7 Å². The highest BCUT2D eigenvalue weighted by Gasteiger charge is 2.23. The molecule has 0 spiro atoms. The molecule has 18 heavy (non-hydrogen) atoms. The van der Waals surface area contributed by atoms with E-state index in [0.29, 0.717) is 18.0 Å². The number of methoxy groups -OCH3 is 1. The Balaban J connectivity index is 1.95. The first-order valence-corrected chi connectivity index (χ1v) is 6.68. The molecule has 100 valence electrons. The third kappa shape index (κ3) is 3.24. The number of hydrogen-bond donors (Lipinski definition) is 1. The third-order valence-electron chi connectivity index (χ3n) is 3.72. The number of hydrogen-bond acceptors (Lipinski definition) is 3. The van der Waals surface area contributed by atoms with Crippen LogP contribution in [-0.4, -0.2) is 26.4 Å². The summed E-state index contributed by atoms with van der Waals surface area (Å²) >= 11 is 0. The van der Waals surface area contributed by atoms with E-state index in [-0.39, 0.29) is 0 Å².